The quantitative estimate of drug-likeness (QED) is 0.265. The average Bonchev–Trinajstić information content (AvgIpc) is 3.52. The number of imide groups is 1. The number of hydrogen-bond acceptors (Lipinski definition) is 5. The largest absolute Gasteiger partial charge is 0.399 e. The Labute approximate surface area is 197 Å². The maximum Gasteiger partial charge on any atom is 0.238 e. The van der Waals surface area contributed by atoms with Gasteiger partial charge in [0.2, 0.25) is 11.8 Å². The Balaban J connectivity index is 1.48. The van der Waals surface area contributed by atoms with Crippen molar-refractivity contribution in [3.8, 4) is 0 Å². The highest BCUT2D eigenvalue weighted by Crippen LogP contribution is 2.53. The SMILES string of the molecule is Nc1cccc(P(=O)(c2cccc(N)c2)c2cccc(N3C(=O)C4C5C=CC(C5)C4C3=O)c2)c1. The highest BCUT2D eigenvalue weighted by atomic mass is 31.2. The Morgan fingerprint density at radius 2 is 1.18 bits per heavy atom. The van der Waals surface area contributed by atoms with Crippen molar-refractivity contribution < 1.29 is 14.2 Å². The fourth-order valence-corrected chi connectivity index (χ4v) is 8.63. The molecule has 4 unspecified atom stereocenters. The lowest BCUT2D eigenvalue weighted by Gasteiger charge is -2.23. The predicted octanol–water partition coefficient (Wildman–Crippen LogP) is 2.80. The van der Waals surface area contributed by atoms with E-state index in [1.165, 1.54) is 4.90 Å². The molecule has 2 aliphatic carbocycles. The molecule has 2 bridgehead atoms. The number of fused-ring (bicyclic) bond motifs is 5. The summed E-state index contributed by atoms with van der Waals surface area (Å²) in [5.74, 6) is -0.643. The van der Waals surface area contributed by atoms with Crippen molar-refractivity contribution in [3.05, 3.63) is 84.9 Å². The van der Waals surface area contributed by atoms with Gasteiger partial charge in [0.05, 0.1) is 17.5 Å². The molecule has 1 aliphatic heterocycles. The number of amides is 2. The zero-order chi connectivity index (χ0) is 23.6. The minimum Gasteiger partial charge on any atom is -0.399 e. The number of allylic oxidation sites excluding steroid dienone is 2. The first kappa shape index (κ1) is 20.9. The van der Waals surface area contributed by atoms with E-state index < -0.39 is 7.14 Å². The summed E-state index contributed by atoms with van der Waals surface area (Å²) in [6.07, 6.45) is 5.02. The lowest BCUT2D eigenvalue weighted by molar-refractivity contribution is -0.123. The van der Waals surface area contributed by atoms with Crippen molar-refractivity contribution in [1.29, 1.82) is 0 Å². The fraction of sp³-hybridized carbons (Fsp3) is 0.185. The van der Waals surface area contributed by atoms with E-state index in [2.05, 4.69) is 12.2 Å². The zero-order valence-electron chi connectivity index (χ0n) is 18.4. The van der Waals surface area contributed by atoms with Gasteiger partial charge in [0, 0.05) is 27.3 Å². The topological polar surface area (TPSA) is 106 Å². The number of rotatable bonds is 4. The van der Waals surface area contributed by atoms with Crippen LogP contribution in [-0.4, -0.2) is 11.8 Å². The highest BCUT2D eigenvalue weighted by molar-refractivity contribution is 7.85. The van der Waals surface area contributed by atoms with Gasteiger partial charge in [-0.25, -0.2) is 4.90 Å². The molecule has 0 spiro atoms. The third-order valence-corrected chi connectivity index (χ3v) is 10.4. The Hall–Kier alpha value is -3.63. The number of benzene rings is 3. The molecule has 2 amide bonds. The molecular formula is C27H24N3O3P. The second-order valence-corrected chi connectivity index (χ2v) is 12.1. The molecule has 4 N–H and O–H groups in total. The number of anilines is 3. The smallest absolute Gasteiger partial charge is 0.238 e. The molecule has 0 aromatic heterocycles. The second kappa shape index (κ2) is 7.44. The first-order chi connectivity index (χ1) is 16.4. The Morgan fingerprint density at radius 1 is 0.706 bits per heavy atom. The van der Waals surface area contributed by atoms with Crippen LogP contribution in [0.5, 0.6) is 0 Å². The molecule has 6 rings (SSSR count). The van der Waals surface area contributed by atoms with Crippen LogP contribution in [0, 0.1) is 23.7 Å². The lowest BCUT2D eigenvalue weighted by Crippen LogP contribution is -2.34. The molecule has 4 atom stereocenters. The van der Waals surface area contributed by atoms with Crippen molar-refractivity contribution >= 4 is 51.9 Å². The van der Waals surface area contributed by atoms with Crippen LogP contribution in [0.2, 0.25) is 0 Å². The molecule has 1 saturated heterocycles. The highest BCUT2D eigenvalue weighted by Gasteiger charge is 2.59. The van der Waals surface area contributed by atoms with Crippen molar-refractivity contribution in [1.82, 2.24) is 0 Å². The number of hydrogen-bond donors (Lipinski definition) is 2. The summed E-state index contributed by atoms with van der Waals surface area (Å²) >= 11 is 0. The maximum absolute atomic E-state index is 14.9. The minimum absolute atomic E-state index is 0.130. The van der Waals surface area contributed by atoms with Gasteiger partial charge in [0.1, 0.15) is 0 Å². The number of carbonyl (C=O) groups excluding carboxylic acids is 2. The third-order valence-electron chi connectivity index (χ3n) is 7.39. The molecule has 3 aliphatic rings. The Kier molecular flexibility index (Phi) is 4.58. The van der Waals surface area contributed by atoms with E-state index in [4.69, 9.17) is 11.5 Å². The van der Waals surface area contributed by atoms with Crippen molar-refractivity contribution in [2.75, 3.05) is 16.4 Å². The Bertz CT molecular complexity index is 1350. The summed E-state index contributed by atoms with van der Waals surface area (Å²) in [7, 11) is -3.39. The molecule has 170 valence electrons. The van der Waals surface area contributed by atoms with Crippen LogP contribution in [0.4, 0.5) is 17.1 Å². The van der Waals surface area contributed by atoms with Crippen LogP contribution >= 0.6 is 7.14 Å². The Morgan fingerprint density at radius 3 is 1.68 bits per heavy atom. The standard InChI is InChI=1S/C27H24N3O3P/c28-18-4-1-7-21(13-18)34(33,22-8-2-5-19(29)14-22)23-9-3-6-20(15-23)30-26(31)24-16-10-11-17(12-16)25(24)27(30)32/h1-11,13-17,24-25H,12,28-29H2. The van der Waals surface area contributed by atoms with E-state index in [1.54, 1.807) is 72.8 Å². The molecular weight excluding hydrogens is 445 g/mol. The number of nitrogen functional groups attached to an aromatic ring is 2. The second-order valence-electron chi connectivity index (χ2n) is 9.33. The van der Waals surface area contributed by atoms with Gasteiger partial charge in [-0.05, 0) is 54.7 Å². The van der Waals surface area contributed by atoms with Gasteiger partial charge in [-0.15, -0.1) is 0 Å². The fourth-order valence-electron chi connectivity index (χ4n) is 5.87. The van der Waals surface area contributed by atoms with E-state index >= 15 is 0 Å². The molecule has 34 heavy (non-hydrogen) atoms. The predicted molar refractivity (Wildman–Crippen MR) is 135 cm³/mol. The summed E-state index contributed by atoms with van der Waals surface area (Å²) in [4.78, 5) is 28.0. The zero-order valence-corrected chi connectivity index (χ0v) is 19.3. The normalized spacial score (nSPS) is 25.2. The van der Waals surface area contributed by atoms with Crippen molar-refractivity contribution in [2.45, 2.75) is 6.42 Å². The summed E-state index contributed by atoms with van der Waals surface area (Å²) in [5, 5.41) is 1.64. The molecule has 2 fully saturated rings. The van der Waals surface area contributed by atoms with Gasteiger partial charge in [0.15, 0.2) is 7.14 Å². The van der Waals surface area contributed by atoms with Crippen LogP contribution in [-0.2, 0) is 14.2 Å². The van der Waals surface area contributed by atoms with E-state index in [9.17, 15) is 14.2 Å². The monoisotopic (exact) mass is 469 g/mol. The molecule has 1 saturated carbocycles. The van der Waals surface area contributed by atoms with Crippen LogP contribution in [0.3, 0.4) is 0 Å². The van der Waals surface area contributed by atoms with Crippen molar-refractivity contribution in [2.24, 2.45) is 23.7 Å². The van der Waals surface area contributed by atoms with Gasteiger partial charge in [-0.1, -0.05) is 48.6 Å². The molecule has 6 nitrogen and oxygen atoms in total. The molecule has 3 aromatic rings. The van der Waals surface area contributed by atoms with Gasteiger partial charge in [-0.2, -0.15) is 0 Å². The van der Waals surface area contributed by atoms with Gasteiger partial charge >= 0.3 is 0 Å². The number of carbonyl (C=O) groups is 2. The lowest BCUT2D eigenvalue weighted by atomic mass is 9.85. The average molecular weight is 469 g/mol. The minimum atomic E-state index is -3.39. The van der Waals surface area contributed by atoms with Crippen molar-refractivity contribution in [3.63, 3.8) is 0 Å². The number of nitrogens with zero attached hydrogens (tertiary/aromatic N) is 1. The van der Waals surface area contributed by atoms with E-state index in [-0.39, 0.29) is 35.5 Å². The van der Waals surface area contributed by atoms with E-state index in [1.807, 2.05) is 0 Å². The van der Waals surface area contributed by atoms with Crippen LogP contribution in [0.15, 0.2) is 84.9 Å². The van der Waals surface area contributed by atoms with Gasteiger partial charge in [0.25, 0.3) is 0 Å². The summed E-state index contributed by atoms with van der Waals surface area (Å²) in [6.45, 7) is 0. The van der Waals surface area contributed by atoms with Gasteiger partial charge < -0.3 is 16.0 Å². The van der Waals surface area contributed by atoms with Crippen LogP contribution in [0.25, 0.3) is 0 Å². The van der Waals surface area contributed by atoms with E-state index in [0.29, 0.717) is 33.0 Å². The van der Waals surface area contributed by atoms with Crippen LogP contribution < -0.4 is 32.3 Å². The first-order valence-electron chi connectivity index (χ1n) is 11.4. The molecule has 0 radical (unpaired) electrons. The summed E-state index contributed by atoms with van der Waals surface area (Å²) in [5.41, 5.74) is 13.5. The van der Waals surface area contributed by atoms with Gasteiger partial charge in [-0.3, -0.25) is 9.59 Å². The summed E-state index contributed by atoms with van der Waals surface area (Å²) < 4.78 is 14.9. The molecule has 7 heteroatoms. The molecule has 3 aromatic carbocycles. The third kappa shape index (κ3) is 2.92. The first-order valence-corrected chi connectivity index (χ1v) is 13.1. The maximum atomic E-state index is 14.9. The summed E-state index contributed by atoms with van der Waals surface area (Å²) in [6, 6.07) is 21.0. The van der Waals surface area contributed by atoms with Crippen LogP contribution in [0.1, 0.15) is 6.42 Å². The van der Waals surface area contributed by atoms with E-state index in [0.717, 1.165) is 6.42 Å². The molecule has 1 heterocycles. The number of nitrogens with two attached hydrogens (primary N) is 2.